The molecule has 0 saturated carbocycles. The summed E-state index contributed by atoms with van der Waals surface area (Å²) in [6.07, 6.45) is 0. The van der Waals surface area contributed by atoms with E-state index in [-0.39, 0.29) is 11.8 Å². The van der Waals surface area contributed by atoms with E-state index in [9.17, 15) is 4.79 Å². The maximum Gasteiger partial charge on any atom is 0.176 e. The van der Waals surface area contributed by atoms with Crippen molar-refractivity contribution < 1.29 is 9.53 Å². The van der Waals surface area contributed by atoms with Crippen LogP contribution in [0.3, 0.4) is 0 Å². The quantitative estimate of drug-likeness (QED) is 0.573. The van der Waals surface area contributed by atoms with Gasteiger partial charge < -0.3 is 4.74 Å². The van der Waals surface area contributed by atoms with E-state index >= 15 is 0 Å². The van der Waals surface area contributed by atoms with E-state index in [0.717, 1.165) is 0 Å². The molecule has 2 unspecified atom stereocenters. The van der Waals surface area contributed by atoms with Gasteiger partial charge in [-0.2, -0.15) is 0 Å². The Balaban J connectivity index is 2.63. The molecule has 1 N–H and O–H groups in total. The first-order valence-corrected chi connectivity index (χ1v) is 3.47. The molecule has 1 heterocycles. The summed E-state index contributed by atoms with van der Waals surface area (Å²) in [7, 11) is 0. The molecule has 1 aliphatic rings. The van der Waals surface area contributed by atoms with Crippen LogP contribution in [-0.2, 0) is 9.53 Å². The maximum atomic E-state index is 10.9. The van der Waals surface area contributed by atoms with Gasteiger partial charge in [-0.3, -0.25) is 10.1 Å². The van der Waals surface area contributed by atoms with E-state index in [1.807, 2.05) is 6.92 Å². The number of carbonyl (C=O) groups excluding carboxylic acids is 1. The Morgan fingerprint density at radius 2 is 2.40 bits per heavy atom. The maximum absolute atomic E-state index is 10.9. The van der Waals surface area contributed by atoms with Gasteiger partial charge in [0.05, 0.1) is 6.61 Å². The van der Waals surface area contributed by atoms with Crippen LogP contribution in [0.2, 0.25) is 0 Å². The highest BCUT2D eigenvalue weighted by Gasteiger charge is 2.37. The Bertz CT molecular complexity index is 158. The van der Waals surface area contributed by atoms with Crippen LogP contribution in [0, 0.1) is 0 Å². The first kappa shape index (κ1) is 7.69. The van der Waals surface area contributed by atoms with Crippen molar-refractivity contribution in [2.24, 2.45) is 0 Å². The van der Waals surface area contributed by atoms with Crippen LogP contribution in [0.4, 0.5) is 0 Å². The molecule has 0 amide bonds. The van der Waals surface area contributed by atoms with Gasteiger partial charge in [-0.05, 0) is 20.8 Å². The van der Waals surface area contributed by atoms with Gasteiger partial charge in [-0.1, -0.05) is 0 Å². The van der Waals surface area contributed by atoms with E-state index in [1.54, 1.807) is 6.92 Å². The van der Waals surface area contributed by atoms with Gasteiger partial charge in [0.2, 0.25) is 0 Å². The minimum atomic E-state index is -0.723. The molecule has 2 atom stereocenters. The van der Waals surface area contributed by atoms with Crippen molar-refractivity contribution in [3.05, 3.63) is 0 Å². The van der Waals surface area contributed by atoms with Gasteiger partial charge >= 0.3 is 0 Å². The number of ether oxygens (including phenoxy) is 1. The van der Waals surface area contributed by atoms with Crippen molar-refractivity contribution in [1.82, 2.24) is 5.32 Å². The first-order valence-electron chi connectivity index (χ1n) is 3.47. The molecule has 0 aromatic rings. The number of hydrogen-bond acceptors (Lipinski definition) is 3. The molecule has 0 spiro atoms. The summed E-state index contributed by atoms with van der Waals surface area (Å²) in [6.45, 7) is 5.91. The Labute approximate surface area is 60.7 Å². The molecular formula is C7H13NO2. The zero-order chi connectivity index (χ0) is 7.78. The average molecular weight is 143 g/mol. The van der Waals surface area contributed by atoms with Gasteiger partial charge in [-0.15, -0.1) is 0 Å². The SMILES string of the molecule is CC(=O)C1(C)NC(C)CO1. The summed E-state index contributed by atoms with van der Waals surface area (Å²) in [5.41, 5.74) is -0.723. The molecule has 0 aromatic heterocycles. The van der Waals surface area contributed by atoms with E-state index in [0.29, 0.717) is 6.61 Å². The van der Waals surface area contributed by atoms with Crippen LogP contribution >= 0.6 is 0 Å². The van der Waals surface area contributed by atoms with Crippen LogP contribution < -0.4 is 5.32 Å². The third-order valence-electron chi connectivity index (χ3n) is 1.82. The smallest absolute Gasteiger partial charge is 0.176 e. The number of ketones is 1. The van der Waals surface area contributed by atoms with Crippen LogP contribution in [-0.4, -0.2) is 24.2 Å². The summed E-state index contributed by atoms with van der Waals surface area (Å²) >= 11 is 0. The lowest BCUT2D eigenvalue weighted by molar-refractivity contribution is -0.136. The van der Waals surface area contributed by atoms with Gasteiger partial charge in [0.15, 0.2) is 11.5 Å². The minimum absolute atomic E-state index is 0.0388. The van der Waals surface area contributed by atoms with Crippen molar-refractivity contribution in [1.29, 1.82) is 0 Å². The Morgan fingerprint density at radius 3 is 2.60 bits per heavy atom. The molecule has 3 heteroatoms. The van der Waals surface area contributed by atoms with Crippen molar-refractivity contribution in [3.8, 4) is 0 Å². The molecule has 3 nitrogen and oxygen atoms in total. The number of hydrogen-bond donors (Lipinski definition) is 1. The monoisotopic (exact) mass is 143 g/mol. The van der Waals surface area contributed by atoms with Crippen molar-refractivity contribution in [2.45, 2.75) is 32.5 Å². The van der Waals surface area contributed by atoms with Crippen LogP contribution in [0.25, 0.3) is 0 Å². The number of carbonyl (C=O) groups is 1. The minimum Gasteiger partial charge on any atom is -0.352 e. The van der Waals surface area contributed by atoms with E-state index in [4.69, 9.17) is 4.74 Å². The summed E-state index contributed by atoms with van der Waals surface area (Å²) in [6, 6.07) is 0.286. The molecule has 58 valence electrons. The highest BCUT2D eigenvalue weighted by atomic mass is 16.5. The predicted octanol–water partition coefficient (Wildman–Crippen LogP) is 0.300. The Morgan fingerprint density at radius 1 is 1.80 bits per heavy atom. The molecule has 10 heavy (non-hydrogen) atoms. The molecule has 1 saturated heterocycles. The third-order valence-corrected chi connectivity index (χ3v) is 1.82. The normalized spacial score (nSPS) is 40.1. The van der Waals surface area contributed by atoms with Crippen LogP contribution in [0.5, 0.6) is 0 Å². The molecule has 1 fully saturated rings. The fraction of sp³-hybridized carbons (Fsp3) is 0.857. The first-order chi connectivity index (χ1) is 4.54. The van der Waals surface area contributed by atoms with Gasteiger partial charge in [0, 0.05) is 6.04 Å². The fourth-order valence-corrected chi connectivity index (χ4v) is 1.05. The number of rotatable bonds is 1. The molecule has 0 aliphatic carbocycles. The van der Waals surface area contributed by atoms with E-state index in [2.05, 4.69) is 5.32 Å². The lowest BCUT2D eigenvalue weighted by Crippen LogP contribution is -2.46. The fourth-order valence-electron chi connectivity index (χ4n) is 1.05. The van der Waals surface area contributed by atoms with E-state index in [1.165, 1.54) is 6.92 Å². The molecular weight excluding hydrogens is 130 g/mol. The number of Topliss-reactive ketones (excluding diaryl/α,β-unsaturated/α-hetero) is 1. The summed E-state index contributed by atoms with van der Waals surface area (Å²) in [5.74, 6) is 0.0388. The van der Waals surface area contributed by atoms with E-state index < -0.39 is 5.72 Å². The summed E-state index contributed by atoms with van der Waals surface area (Å²) in [5, 5.41) is 3.06. The second-order valence-electron chi connectivity index (χ2n) is 2.95. The highest BCUT2D eigenvalue weighted by molar-refractivity contribution is 5.84. The lowest BCUT2D eigenvalue weighted by atomic mass is 10.2. The molecule has 0 radical (unpaired) electrons. The second-order valence-corrected chi connectivity index (χ2v) is 2.95. The largest absolute Gasteiger partial charge is 0.352 e. The summed E-state index contributed by atoms with van der Waals surface area (Å²) in [4.78, 5) is 10.9. The van der Waals surface area contributed by atoms with Gasteiger partial charge in [0.25, 0.3) is 0 Å². The average Bonchev–Trinajstić information content (AvgIpc) is 2.13. The number of nitrogens with one attached hydrogen (secondary N) is 1. The van der Waals surface area contributed by atoms with Crippen LogP contribution in [0.15, 0.2) is 0 Å². The molecule has 0 bridgehead atoms. The Hall–Kier alpha value is -0.410. The third kappa shape index (κ3) is 1.20. The second kappa shape index (κ2) is 2.32. The predicted molar refractivity (Wildman–Crippen MR) is 37.6 cm³/mol. The van der Waals surface area contributed by atoms with Gasteiger partial charge in [0.1, 0.15) is 0 Å². The van der Waals surface area contributed by atoms with Crippen molar-refractivity contribution in [2.75, 3.05) is 6.61 Å². The topological polar surface area (TPSA) is 38.3 Å². The highest BCUT2D eigenvalue weighted by Crippen LogP contribution is 2.15. The Kier molecular flexibility index (Phi) is 1.79. The molecule has 1 rings (SSSR count). The zero-order valence-corrected chi connectivity index (χ0v) is 6.60. The van der Waals surface area contributed by atoms with Crippen LogP contribution in [0.1, 0.15) is 20.8 Å². The van der Waals surface area contributed by atoms with Crippen molar-refractivity contribution >= 4 is 5.78 Å². The lowest BCUT2D eigenvalue weighted by Gasteiger charge is -2.19. The zero-order valence-electron chi connectivity index (χ0n) is 6.60. The summed E-state index contributed by atoms with van der Waals surface area (Å²) < 4.78 is 5.25. The van der Waals surface area contributed by atoms with Crippen molar-refractivity contribution in [3.63, 3.8) is 0 Å². The molecule has 0 aromatic carbocycles. The standard InChI is InChI=1S/C7H13NO2/c1-5-4-10-7(3,8-5)6(2)9/h5,8H,4H2,1-3H3. The van der Waals surface area contributed by atoms with Gasteiger partial charge in [-0.25, -0.2) is 0 Å². The molecule has 1 aliphatic heterocycles.